The van der Waals surface area contributed by atoms with Gasteiger partial charge in [-0.3, -0.25) is 4.79 Å². The van der Waals surface area contributed by atoms with Gasteiger partial charge < -0.3 is 15.2 Å². The van der Waals surface area contributed by atoms with Crippen molar-refractivity contribution in [3.8, 4) is 5.75 Å². The van der Waals surface area contributed by atoms with Gasteiger partial charge in [0.15, 0.2) is 0 Å². The number of anilines is 1. The van der Waals surface area contributed by atoms with E-state index in [0.717, 1.165) is 35.2 Å². The van der Waals surface area contributed by atoms with Crippen molar-refractivity contribution in [2.24, 2.45) is 5.92 Å². The van der Waals surface area contributed by atoms with Crippen molar-refractivity contribution >= 4 is 22.6 Å². The minimum Gasteiger partial charge on any atom is -0.496 e. The first kappa shape index (κ1) is 13.7. The van der Waals surface area contributed by atoms with Gasteiger partial charge in [0.1, 0.15) is 11.6 Å². The van der Waals surface area contributed by atoms with Gasteiger partial charge in [0.25, 0.3) is 0 Å². The maximum absolute atomic E-state index is 11.0. The van der Waals surface area contributed by atoms with Crippen LogP contribution in [-0.2, 0) is 4.79 Å². The van der Waals surface area contributed by atoms with Gasteiger partial charge in [-0.2, -0.15) is 0 Å². The number of pyridine rings is 1. The predicted molar refractivity (Wildman–Crippen MR) is 80.7 cm³/mol. The summed E-state index contributed by atoms with van der Waals surface area (Å²) in [6, 6.07) is 7.94. The van der Waals surface area contributed by atoms with Crippen molar-refractivity contribution in [3.63, 3.8) is 0 Å². The lowest BCUT2D eigenvalue weighted by molar-refractivity contribution is -0.141. The number of fused-ring (bicyclic) bond motifs is 1. The van der Waals surface area contributed by atoms with Gasteiger partial charge >= 0.3 is 5.97 Å². The summed E-state index contributed by atoms with van der Waals surface area (Å²) in [5.74, 6) is 0.661. The highest BCUT2D eigenvalue weighted by Crippen LogP contribution is 2.32. The third-order valence-electron chi connectivity index (χ3n) is 4.11. The molecule has 21 heavy (non-hydrogen) atoms. The number of hydrogen-bond donors (Lipinski definition) is 2. The van der Waals surface area contributed by atoms with Crippen molar-refractivity contribution in [2.45, 2.75) is 25.3 Å². The van der Waals surface area contributed by atoms with Crippen LogP contribution in [0.15, 0.2) is 30.5 Å². The smallest absolute Gasteiger partial charge is 0.306 e. The number of nitrogens with one attached hydrogen (secondary N) is 1. The fourth-order valence-corrected chi connectivity index (χ4v) is 3.00. The molecule has 0 radical (unpaired) electrons. The van der Waals surface area contributed by atoms with E-state index in [4.69, 9.17) is 9.84 Å². The molecule has 2 atom stereocenters. The van der Waals surface area contributed by atoms with Crippen LogP contribution < -0.4 is 10.1 Å². The Morgan fingerprint density at radius 2 is 2.19 bits per heavy atom. The van der Waals surface area contributed by atoms with E-state index in [1.165, 1.54) is 0 Å². The molecule has 5 heteroatoms. The van der Waals surface area contributed by atoms with Gasteiger partial charge in [0, 0.05) is 23.0 Å². The number of nitrogens with zero attached hydrogens (tertiary/aromatic N) is 1. The molecule has 3 rings (SSSR count). The zero-order chi connectivity index (χ0) is 14.8. The zero-order valence-corrected chi connectivity index (χ0v) is 11.9. The molecule has 1 aliphatic rings. The fraction of sp³-hybridized carbons (Fsp3) is 0.375. The Kier molecular flexibility index (Phi) is 3.64. The van der Waals surface area contributed by atoms with Gasteiger partial charge in [-0.25, -0.2) is 4.98 Å². The quantitative estimate of drug-likeness (QED) is 0.904. The monoisotopic (exact) mass is 286 g/mol. The van der Waals surface area contributed by atoms with Gasteiger partial charge in [-0.15, -0.1) is 0 Å². The summed E-state index contributed by atoms with van der Waals surface area (Å²) in [5, 5.41) is 14.5. The van der Waals surface area contributed by atoms with Gasteiger partial charge in [-0.05, 0) is 31.4 Å². The molecule has 1 aromatic heterocycles. The lowest BCUT2D eigenvalue weighted by atomic mass is 10.1. The van der Waals surface area contributed by atoms with Crippen LogP contribution in [0.25, 0.3) is 10.8 Å². The van der Waals surface area contributed by atoms with E-state index >= 15 is 0 Å². The van der Waals surface area contributed by atoms with Crippen LogP contribution >= 0.6 is 0 Å². The summed E-state index contributed by atoms with van der Waals surface area (Å²) >= 11 is 0. The van der Waals surface area contributed by atoms with Crippen LogP contribution in [0, 0.1) is 5.92 Å². The van der Waals surface area contributed by atoms with E-state index in [0.29, 0.717) is 6.42 Å². The number of carbonyl (C=O) groups is 1. The molecule has 5 nitrogen and oxygen atoms in total. The Balaban J connectivity index is 1.86. The molecule has 0 spiro atoms. The van der Waals surface area contributed by atoms with Crippen LogP contribution in [0.3, 0.4) is 0 Å². The second kappa shape index (κ2) is 5.60. The Labute approximate surface area is 123 Å². The van der Waals surface area contributed by atoms with E-state index < -0.39 is 5.97 Å². The first-order valence-electron chi connectivity index (χ1n) is 7.10. The largest absolute Gasteiger partial charge is 0.496 e. The molecule has 1 fully saturated rings. The normalized spacial score (nSPS) is 21.4. The molecular formula is C16H18N2O3. The number of hydrogen-bond acceptors (Lipinski definition) is 4. The first-order chi connectivity index (χ1) is 10.2. The summed E-state index contributed by atoms with van der Waals surface area (Å²) in [6.45, 7) is 0. The van der Waals surface area contributed by atoms with Crippen molar-refractivity contribution in [3.05, 3.63) is 30.5 Å². The lowest BCUT2D eigenvalue weighted by Crippen LogP contribution is -2.18. The molecular weight excluding hydrogens is 268 g/mol. The summed E-state index contributed by atoms with van der Waals surface area (Å²) in [5.41, 5.74) is 0. The van der Waals surface area contributed by atoms with Crippen molar-refractivity contribution < 1.29 is 14.6 Å². The number of methoxy groups -OCH3 is 1. The third-order valence-corrected chi connectivity index (χ3v) is 4.11. The molecule has 2 aromatic rings. The third kappa shape index (κ3) is 2.63. The van der Waals surface area contributed by atoms with E-state index in [-0.39, 0.29) is 12.0 Å². The molecule has 1 aliphatic carbocycles. The van der Waals surface area contributed by atoms with Crippen molar-refractivity contribution in [1.82, 2.24) is 4.98 Å². The molecule has 0 saturated heterocycles. The number of aliphatic carboxylic acids is 1. The van der Waals surface area contributed by atoms with Crippen LogP contribution in [0.2, 0.25) is 0 Å². The standard InChI is InChI=1S/C16H18N2O3/c1-21-14-4-2-3-13-12(14)7-8-17-15(13)18-11-6-5-10(9-11)16(19)20/h2-4,7-8,10-11H,5-6,9H2,1H3,(H,17,18)(H,19,20)/t10-,11+/m1/s1. The highest BCUT2D eigenvalue weighted by Gasteiger charge is 2.30. The van der Waals surface area contributed by atoms with Gasteiger partial charge in [0.05, 0.1) is 13.0 Å². The second-order valence-electron chi connectivity index (χ2n) is 5.40. The molecule has 0 bridgehead atoms. The number of carboxylic acids is 1. The van der Waals surface area contributed by atoms with E-state index in [2.05, 4.69) is 10.3 Å². The summed E-state index contributed by atoms with van der Waals surface area (Å²) < 4.78 is 5.37. The fourth-order valence-electron chi connectivity index (χ4n) is 3.00. The van der Waals surface area contributed by atoms with Crippen LogP contribution in [0.1, 0.15) is 19.3 Å². The van der Waals surface area contributed by atoms with Crippen molar-refractivity contribution in [1.29, 1.82) is 0 Å². The number of ether oxygens (including phenoxy) is 1. The maximum atomic E-state index is 11.0. The van der Waals surface area contributed by atoms with Gasteiger partial charge in [0.2, 0.25) is 0 Å². The van der Waals surface area contributed by atoms with Gasteiger partial charge in [-0.1, -0.05) is 12.1 Å². The molecule has 110 valence electrons. The zero-order valence-electron chi connectivity index (χ0n) is 11.9. The molecule has 0 aliphatic heterocycles. The molecule has 0 amide bonds. The van der Waals surface area contributed by atoms with Crippen molar-refractivity contribution in [2.75, 3.05) is 12.4 Å². The predicted octanol–water partition coefficient (Wildman–Crippen LogP) is 2.91. The molecule has 0 unspecified atom stereocenters. The van der Waals surface area contributed by atoms with E-state index in [1.807, 2.05) is 24.3 Å². The number of benzene rings is 1. The van der Waals surface area contributed by atoms with E-state index in [1.54, 1.807) is 13.3 Å². The summed E-state index contributed by atoms with van der Waals surface area (Å²) in [7, 11) is 1.65. The highest BCUT2D eigenvalue weighted by atomic mass is 16.5. The first-order valence-corrected chi connectivity index (χ1v) is 7.10. The molecule has 1 aromatic carbocycles. The minimum absolute atomic E-state index is 0.162. The number of rotatable bonds is 4. The molecule has 1 saturated carbocycles. The average Bonchev–Trinajstić information content (AvgIpc) is 2.96. The SMILES string of the molecule is COc1cccc2c(N[C@H]3CC[C@@H](C(=O)O)C3)nccc12. The number of carboxylic acid groups (broad SMARTS) is 1. The van der Waals surface area contributed by atoms with Crippen LogP contribution in [0.4, 0.5) is 5.82 Å². The minimum atomic E-state index is -0.702. The van der Waals surface area contributed by atoms with Crippen LogP contribution in [-0.4, -0.2) is 29.2 Å². The number of aromatic nitrogens is 1. The lowest BCUT2D eigenvalue weighted by Gasteiger charge is -2.15. The Bertz CT molecular complexity index is 672. The topological polar surface area (TPSA) is 71.5 Å². The second-order valence-corrected chi connectivity index (χ2v) is 5.40. The summed E-state index contributed by atoms with van der Waals surface area (Å²) in [6.07, 6.45) is 3.98. The van der Waals surface area contributed by atoms with E-state index in [9.17, 15) is 4.79 Å². The molecule has 2 N–H and O–H groups in total. The average molecular weight is 286 g/mol. The summed E-state index contributed by atoms with van der Waals surface area (Å²) in [4.78, 5) is 15.4. The maximum Gasteiger partial charge on any atom is 0.306 e. The Morgan fingerprint density at radius 3 is 2.90 bits per heavy atom. The Hall–Kier alpha value is -2.30. The molecule has 1 heterocycles. The highest BCUT2D eigenvalue weighted by molar-refractivity contribution is 5.95. The Morgan fingerprint density at radius 1 is 1.33 bits per heavy atom. The van der Waals surface area contributed by atoms with Crippen LogP contribution in [0.5, 0.6) is 5.75 Å².